The first-order chi connectivity index (χ1) is 14.2. The first-order valence-electron chi connectivity index (χ1n) is 10.4. The van der Waals surface area contributed by atoms with E-state index in [1.165, 1.54) is 6.42 Å². The number of rotatable bonds is 10. The SMILES string of the molecule is C=C(COCCC(F)(F)C(F)(F)S(=O)(=O)[O-])C(=O)OC1(CC)C2CC3CC(C2)CC1C3. The quantitative estimate of drug-likeness (QED) is 0.158. The zero-order valence-corrected chi connectivity index (χ0v) is 18.1. The van der Waals surface area contributed by atoms with Gasteiger partial charge in [0.2, 0.25) is 0 Å². The third-order valence-corrected chi connectivity index (χ3v) is 8.15. The van der Waals surface area contributed by atoms with Crippen LogP contribution < -0.4 is 0 Å². The van der Waals surface area contributed by atoms with Crippen LogP contribution in [0.4, 0.5) is 17.6 Å². The molecule has 0 spiro atoms. The predicted molar refractivity (Wildman–Crippen MR) is 100 cm³/mol. The van der Waals surface area contributed by atoms with Gasteiger partial charge in [-0.25, -0.2) is 13.2 Å². The summed E-state index contributed by atoms with van der Waals surface area (Å²) in [6, 6.07) is 0. The molecule has 4 bridgehead atoms. The average Bonchev–Trinajstić information content (AvgIpc) is 2.66. The predicted octanol–water partition coefficient (Wildman–Crippen LogP) is 3.87. The van der Waals surface area contributed by atoms with Crippen molar-refractivity contribution in [2.24, 2.45) is 23.7 Å². The lowest BCUT2D eigenvalue weighted by atomic mass is 9.49. The van der Waals surface area contributed by atoms with Crippen LogP contribution in [0.15, 0.2) is 12.2 Å². The van der Waals surface area contributed by atoms with Crippen molar-refractivity contribution in [2.75, 3.05) is 13.2 Å². The van der Waals surface area contributed by atoms with Gasteiger partial charge in [-0.05, 0) is 62.2 Å². The molecule has 0 N–H and O–H groups in total. The zero-order valence-electron chi connectivity index (χ0n) is 17.3. The van der Waals surface area contributed by atoms with Crippen molar-refractivity contribution in [1.82, 2.24) is 0 Å². The van der Waals surface area contributed by atoms with Gasteiger partial charge in [-0.2, -0.15) is 17.6 Å². The number of esters is 1. The summed E-state index contributed by atoms with van der Waals surface area (Å²) in [5, 5.41) is -5.76. The molecular weight excluding hydrogens is 444 g/mol. The second-order valence-electron chi connectivity index (χ2n) is 9.08. The van der Waals surface area contributed by atoms with E-state index in [9.17, 15) is 35.3 Å². The van der Waals surface area contributed by atoms with Gasteiger partial charge in [0, 0.05) is 6.42 Å². The zero-order chi connectivity index (χ0) is 23.2. The molecule has 0 aromatic carbocycles. The summed E-state index contributed by atoms with van der Waals surface area (Å²) < 4.78 is 95.0. The van der Waals surface area contributed by atoms with Crippen LogP contribution in [0.3, 0.4) is 0 Å². The molecule has 11 heteroatoms. The molecule has 4 rings (SSSR count). The van der Waals surface area contributed by atoms with E-state index in [1.807, 2.05) is 6.92 Å². The van der Waals surface area contributed by atoms with Crippen molar-refractivity contribution in [3.05, 3.63) is 12.2 Å². The third-order valence-electron chi connectivity index (χ3n) is 7.22. The summed E-state index contributed by atoms with van der Waals surface area (Å²) >= 11 is 0. The fourth-order valence-electron chi connectivity index (χ4n) is 5.83. The van der Waals surface area contributed by atoms with Crippen molar-refractivity contribution in [3.8, 4) is 0 Å². The van der Waals surface area contributed by atoms with Crippen LogP contribution in [0.1, 0.15) is 51.9 Å². The first kappa shape index (κ1) is 24.4. The van der Waals surface area contributed by atoms with Crippen molar-refractivity contribution < 1.29 is 44.8 Å². The minimum Gasteiger partial charge on any atom is -0.743 e. The Labute approximate surface area is 179 Å². The van der Waals surface area contributed by atoms with Crippen LogP contribution in [0.2, 0.25) is 0 Å². The van der Waals surface area contributed by atoms with Crippen LogP contribution in [-0.2, 0) is 24.4 Å². The highest BCUT2D eigenvalue weighted by atomic mass is 32.2. The van der Waals surface area contributed by atoms with Gasteiger partial charge >= 0.3 is 17.1 Å². The molecule has 0 atom stereocenters. The maximum atomic E-state index is 13.4. The lowest BCUT2D eigenvalue weighted by Crippen LogP contribution is -2.59. The summed E-state index contributed by atoms with van der Waals surface area (Å²) in [7, 11) is -6.54. The fraction of sp³-hybridized carbons (Fsp3) is 0.850. The molecule has 0 aromatic rings. The van der Waals surface area contributed by atoms with Gasteiger partial charge in [0.05, 0.1) is 18.8 Å². The molecule has 4 aliphatic rings. The van der Waals surface area contributed by atoms with Crippen LogP contribution in [-0.4, -0.2) is 48.9 Å². The van der Waals surface area contributed by atoms with Crippen LogP contribution >= 0.6 is 0 Å². The minimum atomic E-state index is -6.54. The fourth-order valence-corrected chi connectivity index (χ4v) is 6.29. The number of carbonyl (C=O) groups is 1. The highest BCUT2D eigenvalue weighted by molar-refractivity contribution is 7.86. The largest absolute Gasteiger partial charge is 0.743 e. The molecule has 0 saturated heterocycles. The summed E-state index contributed by atoms with van der Waals surface area (Å²) in [6.07, 6.45) is 4.25. The number of ether oxygens (including phenoxy) is 2. The van der Waals surface area contributed by atoms with Crippen LogP contribution in [0, 0.1) is 23.7 Å². The summed E-state index contributed by atoms with van der Waals surface area (Å²) in [5.41, 5.74) is -0.724. The maximum absolute atomic E-state index is 13.4. The Morgan fingerprint density at radius 1 is 1.10 bits per heavy atom. The lowest BCUT2D eigenvalue weighted by Gasteiger charge is -2.60. The molecule has 0 heterocycles. The lowest BCUT2D eigenvalue weighted by molar-refractivity contribution is -0.207. The molecular formula is C20H27F4O6S-. The third kappa shape index (κ3) is 4.37. The monoisotopic (exact) mass is 471 g/mol. The van der Waals surface area contributed by atoms with Crippen molar-refractivity contribution in [3.63, 3.8) is 0 Å². The number of alkyl halides is 4. The van der Waals surface area contributed by atoms with Gasteiger partial charge in [-0.1, -0.05) is 13.5 Å². The summed E-state index contributed by atoms with van der Waals surface area (Å²) in [6.45, 7) is 3.98. The average molecular weight is 471 g/mol. The topological polar surface area (TPSA) is 92.7 Å². The Morgan fingerprint density at radius 3 is 2.06 bits per heavy atom. The molecule has 4 saturated carbocycles. The Kier molecular flexibility index (Phi) is 6.54. The van der Waals surface area contributed by atoms with Crippen LogP contribution in [0.25, 0.3) is 0 Å². The number of halogens is 4. The Morgan fingerprint density at radius 2 is 1.61 bits per heavy atom. The molecule has 4 aliphatic carbocycles. The molecule has 0 radical (unpaired) electrons. The van der Waals surface area contributed by atoms with Gasteiger partial charge in [0.15, 0.2) is 10.1 Å². The normalized spacial score (nSPS) is 32.8. The molecule has 4 fully saturated rings. The van der Waals surface area contributed by atoms with E-state index >= 15 is 0 Å². The van der Waals surface area contributed by atoms with E-state index in [0.717, 1.165) is 25.7 Å². The number of hydrogen-bond acceptors (Lipinski definition) is 6. The van der Waals surface area contributed by atoms with Gasteiger partial charge in [-0.15, -0.1) is 0 Å². The highest BCUT2D eigenvalue weighted by Gasteiger charge is 2.61. The van der Waals surface area contributed by atoms with E-state index in [1.54, 1.807) is 0 Å². The van der Waals surface area contributed by atoms with Gasteiger partial charge < -0.3 is 14.0 Å². The van der Waals surface area contributed by atoms with E-state index in [0.29, 0.717) is 18.3 Å². The first-order valence-corrected chi connectivity index (χ1v) is 11.8. The number of hydrogen-bond donors (Lipinski definition) is 0. The van der Waals surface area contributed by atoms with Crippen molar-refractivity contribution in [2.45, 2.75) is 68.6 Å². The van der Waals surface area contributed by atoms with Crippen molar-refractivity contribution >= 4 is 16.1 Å². The Balaban J connectivity index is 1.52. The van der Waals surface area contributed by atoms with E-state index in [2.05, 4.69) is 6.58 Å². The maximum Gasteiger partial charge on any atom is 0.396 e. The smallest absolute Gasteiger partial charge is 0.396 e. The minimum absolute atomic E-state index is 0.145. The van der Waals surface area contributed by atoms with E-state index in [4.69, 9.17) is 9.47 Å². The van der Waals surface area contributed by atoms with E-state index in [-0.39, 0.29) is 17.4 Å². The van der Waals surface area contributed by atoms with Gasteiger partial charge in [0.1, 0.15) is 5.60 Å². The molecule has 0 unspecified atom stereocenters. The second-order valence-corrected chi connectivity index (χ2v) is 10.5. The van der Waals surface area contributed by atoms with Crippen molar-refractivity contribution in [1.29, 1.82) is 0 Å². The van der Waals surface area contributed by atoms with Gasteiger partial charge in [0.25, 0.3) is 0 Å². The van der Waals surface area contributed by atoms with E-state index < -0.39 is 52.5 Å². The Hall–Kier alpha value is -1.20. The molecule has 178 valence electrons. The van der Waals surface area contributed by atoms with Gasteiger partial charge in [-0.3, -0.25) is 0 Å². The highest BCUT2D eigenvalue weighted by Crippen LogP contribution is 2.60. The molecule has 31 heavy (non-hydrogen) atoms. The Bertz CT molecular complexity index is 798. The standard InChI is InChI=1S/C20H28F4O6S/c1-3-18(15-7-13-6-14(9-15)10-16(18)8-13)30-17(25)12(2)11-29-5-4-19(21,22)20(23,24)31(26,27)28/h13-16H,2-11H2,1H3,(H,26,27,28)/p-1. The molecule has 0 aromatic heterocycles. The molecule has 0 amide bonds. The number of carbonyl (C=O) groups excluding carboxylic acids is 1. The molecule has 0 aliphatic heterocycles. The second kappa shape index (κ2) is 8.30. The summed E-state index contributed by atoms with van der Waals surface area (Å²) in [4.78, 5) is 12.6. The van der Waals surface area contributed by atoms with Crippen LogP contribution in [0.5, 0.6) is 0 Å². The molecule has 6 nitrogen and oxygen atoms in total. The summed E-state index contributed by atoms with van der Waals surface area (Å²) in [5.74, 6) is -3.92.